The number of anilines is 1. The van der Waals surface area contributed by atoms with E-state index in [4.69, 9.17) is 9.84 Å². The predicted molar refractivity (Wildman–Crippen MR) is 72.3 cm³/mol. The monoisotopic (exact) mass is 264 g/mol. The summed E-state index contributed by atoms with van der Waals surface area (Å²) in [5, 5.41) is 9.17. The lowest BCUT2D eigenvalue weighted by Crippen LogP contribution is -2.41. The van der Waals surface area contributed by atoms with Crippen molar-refractivity contribution in [3.8, 4) is 0 Å². The highest BCUT2D eigenvalue weighted by molar-refractivity contribution is 5.94. The van der Waals surface area contributed by atoms with Crippen molar-refractivity contribution in [2.45, 2.75) is 31.7 Å². The molecule has 1 N–H and O–H groups in total. The average molecular weight is 264 g/mol. The first-order valence-corrected chi connectivity index (χ1v) is 6.68. The summed E-state index contributed by atoms with van der Waals surface area (Å²) in [5.41, 5.74) is 0.495. The fraction of sp³-hybridized carbons (Fsp3) is 0.571. The molecule has 1 fully saturated rings. The van der Waals surface area contributed by atoms with E-state index in [1.54, 1.807) is 18.3 Å². The maximum absolute atomic E-state index is 11.8. The Morgan fingerprint density at radius 2 is 2.42 bits per heavy atom. The van der Waals surface area contributed by atoms with E-state index in [1.165, 1.54) is 7.11 Å². The minimum Gasteiger partial charge on any atom is -0.465 e. The molecular weight excluding hydrogens is 244 g/mol. The summed E-state index contributed by atoms with van der Waals surface area (Å²) in [6.45, 7) is 1.02. The summed E-state index contributed by atoms with van der Waals surface area (Å²) in [4.78, 5) is 18.3. The lowest BCUT2D eigenvalue weighted by molar-refractivity contribution is 0.0601. The molecule has 2 rings (SSSR count). The van der Waals surface area contributed by atoms with E-state index >= 15 is 0 Å². The van der Waals surface area contributed by atoms with E-state index in [2.05, 4.69) is 9.88 Å². The first-order valence-electron chi connectivity index (χ1n) is 6.68. The summed E-state index contributed by atoms with van der Waals surface area (Å²) >= 11 is 0. The van der Waals surface area contributed by atoms with Crippen molar-refractivity contribution >= 4 is 11.8 Å². The number of aromatic nitrogens is 1. The lowest BCUT2D eigenvalue weighted by Gasteiger charge is -2.37. The van der Waals surface area contributed by atoms with Crippen molar-refractivity contribution in [2.75, 3.05) is 25.2 Å². The normalized spacial score (nSPS) is 19.3. The maximum Gasteiger partial charge on any atom is 0.341 e. The number of aliphatic hydroxyl groups is 1. The fourth-order valence-corrected chi connectivity index (χ4v) is 2.62. The van der Waals surface area contributed by atoms with Gasteiger partial charge in [0.15, 0.2) is 0 Å². The molecule has 104 valence electrons. The number of hydrogen-bond acceptors (Lipinski definition) is 5. The molecule has 1 atom stereocenters. The number of esters is 1. The molecule has 2 heterocycles. The van der Waals surface area contributed by atoms with E-state index in [1.807, 2.05) is 0 Å². The Morgan fingerprint density at radius 3 is 3.16 bits per heavy atom. The summed E-state index contributed by atoms with van der Waals surface area (Å²) in [5.74, 6) is 0.309. The minimum absolute atomic E-state index is 0.154. The molecule has 5 nitrogen and oxygen atoms in total. The van der Waals surface area contributed by atoms with Gasteiger partial charge in [-0.1, -0.05) is 0 Å². The fourth-order valence-electron chi connectivity index (χ4n) is 2.62. The van der Waals surface area contributed by atoms with Gasteiger partial charge in [0.25, 0.3) is 0 Å². The highest BCUT2D eigenvalue weighted by atomic mass is 16.5. The van der Waals surface area contributed by atoms with E-state index in [-0.39, 0.29) is 18.6 Å². The molecule has 1 unspecified atom stereocenters. The Morgan fingerprint density at radius 1 is 1.58 bits per heavy atom. The third kappa shape index (κ3) is 3.04. The third-order valence-corrected chi connectivity index (χ3v) is 3.55. The molecule has 1 saturated heterocycles. The van der Waals surface area contributed by atoms with Gasteiger partial charge in [-0.2, -0.15) is 0 Å². The molecular formula is C14H20N2O3. The van der Waals surface area contributed by atoms with Crippen LogP contribution in [-0.4, -0.2) is 42.4 Å². The van der Waals surface area contributed by atoms with Gasteiger partial charge in [-0.05, 0) is 37.8 Å². The van der Waals surface area contributed by atoms with Gasteiger partial charge in [0.2, 0.25) is 0 Å². The molecule has 0 saturated carbocycles. The van der Waals surface area contributed by atoms with Crippen LogP contribution in [0, 0.1) is 0 Å². The van der Waals surface area contributed by atoms with Crippen LogP contribution in [0.2, 0.25) is 0 Å². The number of pyridine rings is 1. The van der Waals surface area contributed by atoms with Gasteiger partial charge < -0.3 is 14.7 Å². The van der Waals surface area contributed by atoms with Gasteiger partial charge >= 0.3 is 5.97 Å². The van der Waals surface area contributed by atoms with E-state index in [0.29, 0.717) is 17.8 Å². The van der Waals surface area contributed by atoms with E-state index in [9.17, 15) is 4.79 Å². The second-order valence-electron chi connectivity index (χ2n) is 4.72. The van der Waals surface area contributed by atoms with Gasteiger partial charge in [-0.15, -0.1) is 0 Å². The maximum atomic E-state index is 11.8. The summed E-state index contributed by atoms with van der Waals surface area (Å²) in [6, 6.07) is 3.72. The van der Waals surface area contributed by atoms with Crippen molar-refractivity contribution in [1.29, 1.82) is 0 Å². The zero-order valence-electron chi connectivity index (χ0n) is 11.2. The Hall–Kier alpha value is -1.62. The Labute approximate surface area is 113 Å². The van der Waals surface area contributed by atoms with Crippen molar-refractivity contribution < 1.29 is 14.6 Å². The molecule has 0 aromatic carbocycles. The molecule has 1 aliphatic rings. The largest absolute Gasteiger partial charge is 0.465 e. The van der Waals surface area contributed by atoms with E-state index in [0.717, 1.165) is 25.8 Å². The van der Waals surface area contributed by atoms with Crippen molar-refractivity contribution in [3.63, 3.8) is 0 Å². The molecule has 1 aromatic rings. The van der Waals surface area contributed by atoms with Crippen molar-refractivity contribution in [3.05, 3.63) is 23.9 Å². The van der Waals surface area contributed by atoms with Gasteiger partial charge in [-0.3, -0.25) is 0 Å². The highest BCUT2D eigenvalue weighted by Crippen LogP contribution is 2.27. The predicted octanol–water partition coefficient (Wildman–Crippen LogP) is 1.61. The molecule has 0 bridgehead atoms. The molecule has 19 heavy (non-hydrogen) atoms. The average Bonchev–Trinajstić information content (AvgIpc) is 2.47. The summed E-state index contributed by atoms with van der Waals surface area (Å²) in [7, 11) is 1.38. The van der Waals surface area contributed by atoms with Crippen LogP contribution in [0.5, 0.6) is 0 Å². The Bertz CT molecular complexity index is 434. The van der Waals surface area contributed by atoms with Crippen LogP contribution in [0.25, 0.3) is 0 Å². The number of rotatable bonds is 4. The minimum atomic E-state index is -0.364. The standard InChI is InChI=1S/C14H20N2O3/c1-19-14(18)12-6-4-8-15-13(12)16-9-3-2-5-11(16)7-10-17/h4,6,8,11,17H,2-3,5,7,9-10H2,1H3. The third-order valence-electron chi connectivity index (χ3n) is 3.55. The second kappa shape index (κ2) is 6.52. The van der Waals surface area contributed by atoms with Crippen LogP contribution in [0.3, 0.4) is 0 Å². The number of carbonyl (C=O) groups excluding carboxylic acids is 1. The number of nitrogens with zero attached hydrogens (tertiary/aromatic N) is 2. The zero-order valence-corrected chi connectivity index (χ0v) is 11.2. The number of carbonyl (C=O) groups is 1. The van der Waals surface area contributed by atoms with Crippen LogP contribution in [0.15, 0.2) is 18.3 Å². The molecule has 0 radical (unpaired) electrons. The first kappa shape index (κ1) is 13.8. The molecule has 0 spiro atoms. The molecule has 5 heteroatoms. The smallest absolute Gasteiger partial charge is 0.341 e. The summed E-state index contributed by atoms with van der Waals surface area (Å²) < 4.78 is 4.81. The SMILES string of the molecule is COC(=O)c1cccnc1N1CCCCC1CCO. The van der Waals surface area contributed by atoms with Crippen LogP contribution in [0.1, 0.15) is 36.0 Å². The van der Waals surface area contributed by atoms with Crippen LogP contribution in [0.4, 0.5) is 5.82 Å². The van der Waals surface area contributed by atoms with Gasteiger partial charge in [0, 0.05) is 25.4 Å². The second-order valence-corrected chi connectivity index (χ2v) is 4.72. The molecule has 0 aliphatic carbocycles. The van der Waals surface area contributed by atoms with E-state index < -0.39 is 0 Å². The number of hydrogen-bond donors (Lipinski definition) is 1. The Kier molecular flexibility index (Phi) is 4.74. The molecule has 1 aromatic heterocycles. The molecule has 1 aliphatic heterocycles. The zero-order chi connectivity index (χ0) is 13.7. The number of piperidine rings is 1. The lowest BCUT2D eigenvalue weighted by atomic mass is 9.99. The van der Waals surface area contributed by atoms with Crippen LogP contribution in [-0.2, 0) is 4.74 Å². The van der Waals surface area contributed by atoms with Gasteiger partial charge in [0.1, 0.15) is 11.4 Å². The van der Waals surface area contributed by atoms with Gasteiger partial charge in [0.05, 0.1) is 7.11 Å². The van der Waals surface area contributed by atoms with Crippen LogP contribution < -0.4 is 4.90 Å². The summed E-state index contributed by atoms with van der Waals surface area (Å²) in [6.07, 6.45) is 5.65. The molecule has 0 amide bonds. The first-order chi connectivity index (χ1) is 9.27. The van der Waals surface area contributed by atoms with Crippen LogP contribution >= 0.6 is 0 Å². The van der Waals surface area contributed by atoms with Crippen molar-refractivity contribution in [2.24, 2.45) is 0 Å². The van der Waals surface area contributed by atoms with Crippen molar-refractivity contribution in [1.82, 2.24) is 4.98 Å². The number of ether oxygens (including phenoxy) is 1. The van der Waals surface area contributed by atoms with Gasteiger partial charge in [-0.25, -0.2) is 9.78 Å². The Balaban J connectivity index is 2.30. The topological polar surface area (TPSA) is 62.7 Å². The number of aliphatic hydroxyl groups excluding tert-OH is 1. The quantitative estimate of drug-likeness (QED) is 0.837. The number of methoxy groups -OCH3 is 1. The highest BCUT2D eigenvalue weighted by Gasteiger charge is 2.26.